The highest BCUT2D eigenvalue weighted by atomic mass is 19.1. The summed E-state index contributed by atoms with van der Waals surface area (Å²) in [5.74, 6) is 0.00583. The molecule has 0 saturated heterocycles. The second-order valence-corrected chi connectivity index (χ2v) is 10.1. The highest BCUT2D eigenvalue weighted by Crippen LogP contribution is 2.32. The first-order chi connectivity index (χ1) is 17.3. The van der Waals surface area contributed by atoms with Crippen LogP contribution in [0.3, 0.4) is 0 Å². The maximum Gasteiger partial charge on any atom is 0.258 e. The number of halogens is 1. The molecule has 1 aliphatic carbocycles. The second-order valence-electron chi connectivity index (χ2n) is 10.1. The lowest BCUT2D eigenvalue weighted by Crippen LogP contribution is -2.47. The van der Waals surface area contributed by atoms with Gasteiger partial charge in [-0.2, -0.15) is 0 Å². The van der Waals surface area contributed by atoms with Crippen LogP contribution in [0.1, 0.15) is 47.4 Å². The molecule has 2 aromatic carbocycles. The fourth-order valence-electron chi connectivity index (χ4n) is 4.65. The second kappa shape index (κ2) is 11.4. The van der Waals surface area contributed by atoms with E-state index >= 15 is 0 Å². The molecule has 1 N–H and O–H groups in total. The lowest BCUT2D eigenvalue weighted by Gasteiger charge is -2.36. The third-order valence-corrected chi connectivity index (χ3v) is 7.14. The summed E-state index contributed by atoms with van der Waals surface area (Å²) in [6.45, 7) is 7.03. The fraction of sp³-hybridized carbons (Fsp3) is 0.500. The molecule has 1 heterocycles. The summed E-state index contributed by atoms with van der Waals surface area (Å²) in [6.07, 6.45) is 2.42. The summed E-state index contributed by atoms with van der Waals surface area (Å²) < 4.78 is 26.1. The van der Waals surface area contributed by atoms with E-state index in [2.05, 4.69) is 24.1 Å². The smallest absolute Gasteiger partial charge is 0.258 e. The number of rotatable bonds is 5. The van der Waals surface area contributed by atoms with Gasteiger partial charge in [0.1, 0.15) is 18.2 Å². The number of hydrogen-bond donors (Lipinski definition) is 1. The minimum atomic E-state index is -0.596. The molecule has 2 aromatic rings. The van der Waals surface area contributed by atoms with Gasteiger partial charge in [-0.1, -0.05) is 19.1 Å². The van der Waals surface area contributed by atoms with Crippen molar-refractivity contribution >= 4 is 17.5 Å². The molecule has 7 nitrogen and oxygen atoms in total. The number of carbonyl (C=O) groups excluding carboxylic acids is 2. The topological polar surface area (TPSA) is 71.1 Å². The van der Waals surface area contributed by atoms with Gasteiger partial charge in [0.25, 0.3) is 11.8 Å². The Morgan fingerprint density at radius 2 is 1.92 bits per heavy atom. The van der Waals surface area contributed by atoms with Gasteiger partial charge >= 0.3 is 0 Å². The molecule has 0 spiro atoms. The monoisotopic (exact) mass is 497 g/mol. The van der Waals surface area contributed by atoms with Crippen molar-refractivity contribution in [3.8, 4) is 5.75 Å². The van der Waals surface area contributed by atoms with E-state index in [9.17, 15) is 14.0 Å². The van der Waals surface area contributed by atoms with Crippen molar-refractivity contribution in [1.29, 1.82) is 0 Å². The molecule has 1 fully saturated rings. The van der Waals surface area contributed by atoms with Crippen molar-refractivity contribution in [1.82, 2.24) is 9.80 Å². The van der Waals surface area contributed by atoms with Crippen molar-refractivity contribution < 1.29 is 23.5 Å². The number of anilines is 1. The molecule has 2 aliphatic rings. The highest BCUT2D eigenvalue weighted by Gasteiger charge is 2.31. The minimum absolute atomic E-state index is 0.0499. The summed E-state index contributed by atoms with van der Waals surface area (Å²) in [4.78, 5) is 30.1. The van der Waals surface area contributed by atoms with Crippen LogP contribution in [-0.4, -0.2) is 74.2 Å². The number of nitrogens with one attached hydrogen (secondary N) is 1. The lowest BCUT2D eigenvalue weighted by molar-refractivity contribution is 0.00994. The molecule has 3 atom stereocenters. The molecule has 0 radical (unpaired) electrons. The molecule has 1 saturated carbocycles. The van der Waals surface area contributed by atoms with Crippen LogP contribution in [0.2, 0.25) is 0 Å². The number of hydrogen-bond acceptors (Lipinski definition) is 5. The van der Waals surface area contributed by atoms with Crippen LogP contribution in [0, 0.1) is 17.7 Å². The van der Waals surface area contributed by atoms with Crippen molar-refractivity contribution in [3.63, 3.8) is 0 Å². The molecule has 0 bridgehead atoms. The Balaban J connectivity index is 1.61. The zero-order chi connectivity index (χ0) is 25.8. The number of ether oxygens (including phenoxy) is 2. The zero-order valence-corrected chi connectivity index (χ0v) is 21.5. The summed E-state index contributed by atoms with van der Waals surface area (Å²) in [5, 5.41) is 2.72. The highest BCUT2D eigenvalue weighted by molar-refractivity contribution is 6.05. The summed E-state index contributed by atoms with van der Waals surface area (Å²) in [5.41, 5.74) is 0.784. The fourth-order valence-corrected chi connectivity index (χ4v) is 4.65. The van der Waals surface area contributed by atoms with Gasteiger partial charge in [-0.3, -0.25) is 14.5 Å². The van der Waals surface area contributed by atoms with E-state index in [4.69, 9.17) is 9.47 Å². The molecule has 0 unspecified atom stereocenters. The molecular weight excluding hydrogens is 461 g/mol. The Bertz CT molecular complexity index is 1090. The molecule has 1 aliphatic heterocycles. The molecule has 36 heavy (non-hydrogen) atoms. The van der Waals surface area contributed by atoms with Crippen LogP contribution in [0.25, 0.3) is 0 Å². The minimum Gasteiger partial charge on any atom is -0.491 e. The van der Waals surface area contributed by atoms with Crippen molar-refractivity contribution in [2.75, 3.05) is 45.7 Å². The predicted molar refractivity (Wildman–Crippen MR) is 137 cm³/mol. The maximum absolute atomic E-state index is 14.1. The van der Waals surface area contributed by atoms with Gasteiger partial charge in [0.05, 0.1) is 17.2 Å². The van der Waals surface area contributed by atoms with Crippen LogP contribution in [0.15, 0.2) is 42.5 Å². The standard InChI is InChI=1S/C28H36FN3O4/c1-18-14-32(15-20-9-10-20)19(2)17-36-25-13-21(30-27(33)22-7-5-6-8-24(22)29)11-12-23(25)28(34)31(3)16-26(18)35-4/h5-8,11-13,18-20,26H,9-10,14-17H2,1-4H3,(H,30,33)/t18-,19+,26-/m0/s1. The largest absolute Gasteiger partial charge is 0.491 e. The number of likely N-dealkylation sites (N-methyl/N-ethyl adjacent to an activating group) is 1. The lowest BCUT2D eigenvalue weighted by atomic mass is 10.0. The molecule has 2 amide bonds. The van der Waals surface area contributed by atoms with Gasteiger partial charge in [0.15, 0.2) is 0 Å². The number of fused-ring (bicyclic) bond motifs is 1. The van der Waals surface area contributed by atoms with E-state index in [0.717, 1.165) is 19.0 Å². The van der Waals surface area contributed by atoms with Gasteiger partial charge in [-0.05, 0) is 55.9 Å². The van der Waals surface area contributed by atoms with E-state index in [1.807, 2.05) is 0 Å². The molecular formula is C28H36FN3O4. The maximum atomic E-state index is 14.1. The van der Waals surface area contributed by atoms with E-state index < -0.39 is 11.7 Å². The Morgan fingerprint density at radius 1 is 1.17 bits per heavy atom. The van der Waals surface area contributed by atoms with Gasteiger partial charge < -0.3 is 19.7 Å². The SMILES string of the molecule is CO[C@H]1CN(C)C(=O)c2ccc(NC(=O)c3ccccc3F)cc2OC[C@@H](C)N(CC2CC2)C[C@@H]1C. The van der Waals surface area contributed by atoms with Gasteiger partial charge in [0.2, 0.25) is 0 Å². The van der Waals surface area contributed by atoms with Crippen LogP contribution in [0.4, 0.5) is 10.1 Å². The van der Waals surface area contributed by atoms with E-state index in [0.29, 0.717) is 30.2 Å². The Labute approximate surface area is 212 Å². The third kappa shape index (κ3) is 6.23. The van der Waals surface area contributed by atoms with Crippen molar-refractivity contribution in [3.05, 3.63) is 59.4 Å². The van der Waals surface area contributed by atoms with E-state index in [1.165, 1.54) is 31.0 Å². The number of carbonyl (C=O) groups is 2. The Hall–Kier alpha value is -2.97. The van der Waals surface area contributed by atoms with Crippen LogP contribution in [0.5, 0.6) is 5.75 Å². The average Bonchev–Trinajstić information content (AvgIpc) is 3.68. The van der Waals surface area contributed by atoms with Crippen LogP contribution in [-0.2, 0) is 4.74 Å². The Morgan fingerprint density at radius 3 is 2.61 bits per heavy atom. The first-order valence-corrected chi connectivity index (χ1v) is 12.6. The van der Waals surface area contributed by atoms with Gasteiger partial charge in [0, 0.05) is 51.6 Å². The van der Waals surface area contributed by atoms with Gasteiger partial charge in [-0.15, -0.1) is 0 Å². The van der Waals surface area contributed by atoms with Gasteiger partial charge in [-0.25, -0.2) is 4.39 Å². The number of benzene rings is 2. The summed E-state index contributed by atoms with van der Waals surface area (Å²) in [6, 6.07) is 10.9. The summed E-state index contributed by atoms with van der Waals surface area (Å²) in [7, 11) is 3.46. The van der Waals surface area contributed by atoms with E-state index in [-0.39, 0.29) is 29.5 Å². The zero-order valence-electron chi connectivity index (χ0n) is 21.5. The first-order valence-electron chi connectivity index (χ1n) is 12.6. The third-order valence-electron chi connectivity index (χ3n) is 7.14. The molecule has 4 rings (SSSR count). The van der Waals surface area contributed by atoms with Crippen molar-refractivity contribution in [2.24, 2.45) is 11.8 Å². The molecule has 0 aromatic heterocycles. The normalized spacial score (nSPS) is 23.8. The number of nitrogens with zero attached hydrogens (tertiary/aromatic N) is 2. The van der Waals surface area contributed by atoms with Crippen LogP contribution >= 0.6 is 0 Å². The Kier molecular flexibility index (Phi) is 8.26. The quantitative estimate of drug-likeness (QED) is 0.667. The first kappa shape index (κ1) is 26.1. The average molecular weight is 498 g/mol. The molecule has 8 heteroatoms. The van der Waals surface area contributed by atoms with Crippen molar-refractivity contribution in [2.45, 2.75) is 38.8 Å². The number of amides is 2. The van der Waals surface area contributed by atoms with E-state index in [1.54, 1.807) is 43.3 Å². The molecule has 194 valence electrons. The number of methoxy groups -OCH3 is 1. The van der Waals surface area contributed by atoms with Crippen LogP contribution < -0.4 is 10.1 Å². The summed E-state index contributed by atoms with van der Waals surface area (Å²) >= 11 is 0. The predicted octanol–water partition coefficient (Wildman–Crippen LogP) is 4.29.